The Morgan fingerprint density at radius 3 is 2.38 bits per heavy atom. The molecule has 0 saturated carbocycles. The van der Waals surface area contributed by atoms with Crippen LogP contribution in [0.2, 0.25) is 0 Å². The summed E-state index contributed by atoms with van der Waals surface area (Å²) in [5.74, 6) is -3.43. The third-order valence-electron chi connectivity index (χ3n) is 4.91. The Hall–Kier alpha value is -3.48. The van der Waals surface area contributed by atoms with Gasteiger partial charge in [0.15, 0.2) is 0 Å². The molecule has 1 N–H and O–H groups in total. The third kappa shape index (κ3) is 4.18. The van der Waals surface area contributed by atoms with Crippen molar-refractivity contribution in [2.75, 3.05) is 13.2 Å². The van der Waals surface area contributed by atoms with Crippen LogP contribution in [0.3, 0.4) is 0 Å². The minimum atomic E-state index is -1.26. The van der Waals surface area contributed by atoms with Crippen LogP contribution in [0.1, 0.15) is 25.3 Å². The van der Waals surface area contributed by atoms with Crippen molar-refractivity contribution in [3.8, 4) is 11.3 Å². The summed E-state index contributed by atoms with van der Waals surface area (Å²) < 4.78 is 5.09. The van der Waals surface area contributed by atoms with Crippen LogP contribution in [0, 0.1) is 16.0 Å². The molecule has 0 radical (unpaired) electrons. The Labute approximate surface area is 167 Å². The number of nitrogens with zero attached hydrogens (tertiary/aromatic N) is 1. The van der Waals surface area contributed by atoms with Crippen molar-refractivity contribution in [3.05, 3.63) is 70.3 Å². The van der Waals surface area contributed by atoms with Gasteiger partial charge in [-0.2, -0.15) is 0 Å². The van der Waals surface area contributed by atoms with Crippen LogP contribution in [0.25, 0.3) is 22.2 Å². The van der Waals surface area contributed by atoms with Crippen molar-refractivity contribution >= 4 is 22.7 Å². The lowest BCUT2D eigenvalue weighted by Crippen LogP contribution is -2.34. The molecular formula is C22H22N2O5. The first-order valence-corrected chi connectivity index (χ1v) is 9.39. The number of rotatable bonds is 8. The van der Waals surface area contributed by atoms with Gasteiger partial charge in [0.25, 0.3) is 0 Å². The monoisotopic (exact) mass is 394 g/mol. The molecule has 0 amide bonds. The Balaban J connectivity index is 2.28. The van der Waals surface area contributed by atoms with E-state index in [2.05, 4.69) is 4.98 Å². The molecule has 0 aliphatic carbocycles. The van der Waals surface area contributed by atoms with Crippen LogP contribution in [-0.2, 0) is 14.3 Å². The molecule has 7 nitrogen and oxygen atoms in total. The van der Waals surface area contributed by atoms with E-state index in [4.69, 9.17) is 4.74 Å². The van der Waals surface area contributed by atoms with Crippen molar-refractivity contribution in [2.24, 2.45) is 5.92 Å². The predicted molar refractivity (Wildman–Crippen MR) is 109 cm³/mol. The average Bonchev–Trinajstić information content (AvgIpc) is 3.07. The molecule has 29 heavy (non-hydrogen) atoms. The number of esters is 1. The average molecular weight is 394 g/mol. The maximum absolute atomic E-state index is 12.6. The van der Waals surface area contributed by atoms with Gasteiger partial charge in [0.1, 0.15) is 11.7 Å². The maximum Gasteiger partial charge on any atom is 0.317 e. The minimum Gasteiger partial charge on any atom is -0.465 e. The summed E-state index contributed by atoms with van der Waals surface area (Å²) in [6, 6.07) is 16.7. The second-order valence-corrected chi connectivity index (χ2v) is 6.79. The van der Waals surface area contributed by atoms with Gasteiger partial charge in [-0.05, 0) is 31.0 Å². The number of benzene rings is 2. The van der Waals surface area contributed by atoms with Crippen molar-refractivity contribution < 1.29 is 19.2 Å². The van der Waals surface area contributed by atoms with E-state index in [1.54, 1.807) is 6.92 Å². The lowest BCUT2D eigenvalue weighted by atomic mass is 9.81. The molecule has 2 unspecified atom stereocenters. The number of nitrogens with one attached hydrogen (secondary N) is 1. The Bertz CT molecular complexity index is 1040. The molecular weight excluding hydrogens is 372 g/mol. The Morgan fingerprint density at radius 2 is 1.76 bits per heavy atom. The van der Waals surface area contributed by atoms with Crippen LogP contribution in [0.5, 0.6) is 0 Å². The molecule has 7 heteroatoms. The fraction of sp³-hybridized carbons (Fsp3) is 0.273. The van der Waals surface area contributed by atoms with Crippen molar-refractivity contribution in [3.63, 3.8) is 0 Å². The summed E-state index contributed by atoms with van der Waals surface area (Å²) in [6.07, 6.45) is 0. The number of nitro groups is 1. The summed E-state index contributed by atoms with van der Waals surface area (Å²) in [6.45, 7) is 2.43. The number of ether oxygens (including phenoxy) is 1. The standard InChI is InChI=1S/C22H22N2O5/c1-3-29-22(26)19(14(2)25)17(13-24(27)28)20-16-11-7-8-12-18(16)23-21(20)15-9-5-4-6-10-15/h4-12,17,19,23H,3,13H2,1-2H3. The highest BCUT2D eigenvalue weighted by atomic mass is 16.6. The van der Waals surface area contributed by atoms with Crippen molar-refractivity contribution in [1.29, 1.82) is 0 Å². The highest BCUT2D eigenvalue weighted by molar-refractivity contribution is 6.01. The molecule has 2 aromatic carbocycles. The molecule has 0 saturated heterocycles. The number of ketones is 1. The van der Waals surface area contributed by atoms with Crippen LogP contribution in [0.15, 0.2) is 54.6 Å². The first-order chi connectivity index (χ1) is 13.9. The number of para-hydroxylation sites is 1. The van der Waals surface area contributed by atoms with Crippen molar-refractivity contribution in [1.82, 2.24) is 4.98 Å². The quantitative estimate of drug-likeness (QED) is 0.270. The summed E-state index contributed by atoms with van der Waals surface area (Å²) >= 11 is 0. The van der Waals surface area contributed by atoms with Gasteiger partial charge in [-0.1, -0.05) is 48.5 Å². The van der Waals surface area contributed by atoms with Crippen LogP contribution in [0.4, 0.5) is 0 Å². The number of carbonyl (C=O) groups is 2. The Morgan fingerprint density at radius 1 is 1.10 bits per heavy atom. The molecule has 0 fully saturated rings. The predicted octanol–water partition coefficient (Wildman–Crippen LogP) is 3.96. The largest absolute Gasteiger partial charge is 0.465 e. The number of Topliss-reactive ketones (excluding diaryl/α,β-unsaturated/α-hetero) is 1. The van der Waals surface area contributed by atoms with Gasteiger partial charge in [0.2, 0.25) is 6.54 Å². The summed E-state index contributed by atoms with van der Waals surface area (Å²) in [5, 5.41) is 12.3. The van der Waals surface area contributed by atoms with E-state index in [1.807, 2.05) is 54.6 Å². The van der Waals surface area contributed by atoms with Gasteiger partial charge in [-0.25, -0.2) is 0 Å². The van der Waals surface area contributed by atoms with E-state index in [0.717, 1.165) is 16.5 Å². The van der Waals surface area contributed by atoms with Gasteiger partial charge in [-0.3, -0.25) is 19.7 Å². The van der Waals surface area contributed by atoms with Gasteiger partial charge < -0.3 is 9.72 Å². The van der Waals surface area contributed by atoms with E-state index in [1.165, 1.54) is 6.92 Å². The van der Waals surface area contributed by atoms with E-state index in [9.17, 15) is 19.7 Å². The smallest absolute Gasteiger partial charge is 0.317 e. The summed E-state index contributed by atoms with van der Waals surface area (Å²) in [7, 11) is 0. The first-order valence-electron chi connectivity index (χ1n) is 9.39. The number of H-pyrrole nitrogens is 1. The fourth-order valence-corrected chi connectivity index (χ4v) is 3.75. The zero-order valence-electron chi connectivity index (χ0n) is 16.3. The molecule has 0 aliphatic rings. The van der Waals surface area contributed by atoms with Crippen LogP contribution < -0.4 is 0 Å². The zero-order valence-corrected chi connectivity index (χ0v) is 16.3. The molecule has 2 atom stereocenters. The van der Waals surface area contributed by atoms with E-state index in [0.29, 0.717) is 11.3 Å². The second-order valence-electron chi connectivity index (χ2n) is 6.79. The van der Waals surface area contributed by atoms with Crippen LogP contribution >= 0.6 is 0 Å². The number of fused-ring (bicyclic) bond motifs is 1. The van der Waals surface area contributed by atoms with Gasteiger partial charge in [0.05, 0.1) is 18.2 Å². The molecule has 0 aliphatic heterocycles. The highest BCUT2D eigenvalue weighted by Gasteiger charge is 2.40. The number of carbonyl (C=O) groups excluding carboxylic acids is 2. The van der Waals surface area contributed by atoms with E-state index in [-0.39, 0.29) is 6.61 Å². The van der Waals surface area contributed by atoms with E-state index < -0.39 is 35.1 Å². The fourth-order valence-electron chi connectivity index (χ4n) is 3.75. The zero-order chi connectivity index (χ0) is 21.0. The normalized spacial score (nSPS) is 13.0. The number of hydrogen-bond donors (Lipinski definition) is 1. The molecule has 1 heterocycles. The van der Waals surface area contributed by atoms with Gasteiger partial charge in [0, 0.05) is 15.8 Å². The Kier molecular flexibility index (Phi) is 6.07. The first kappa shape index (κ1) is 20.3. The lowest BCUT2D eigenvalue weighted by molar-refractivity contribution is -0.484. The lowest BCUT2D eigenvalue weighted by Gasteiger charge is -2.22. The molecule has 3 aromatic rings. The molecule has 0 spiro atoms. The third-order valence-corrected chi connectivity index (χ3v) is 4.91. The van der Waals surface area contributed by atoms with Crippen molar-refractivity contribution in [2.45, 2.75) is 19.8 Å². The molecule has 1 aromatic heterocycles. The summed E-state index contributed by atoms with van der Waals surface area (Å²) in [5.41, 5.74) is 2.84. The molecule has 150 valence electrons. The number of hydrogen-bond acceptors (Lipinski definition) is 5. The SMILES string of the molecule is CCOC(=O)C(C(C)=O)C(C[N+](=O)[O-])c1c(-c2ccccc2)[nH]c2ccccc12. The number of aromatic amines is 1. The maximum atomic E-state index is 12.6. The second kappa shape index (κ2) is 8.68. The number of aromatic nitrogens is 1. The summed E-state index contributed by atoms with van der Waals surface area (Å²) in [4.78, 5) is 39.4. The topological polar surface area (TPSA) is 102 Å². The minimum absolute atomic E-state index is 0.0905. The van der Waals surface area contributed by atoms with Gasteiger partial charge in [-0.15, -0.1) is 0 Å². The van der Waals surface area contributed by atoms with E-state index >= 15 is 0 Å². The molecule has 3 rings (SSSR count). The van der Waals surface area contributed by atoms with Gasteiger partial charge >= 0.3 is 5.97 Å². The molecule has 0 bridgehead atoms. The van der Waals surface area contributed by atoms with Crippen LogP contribution in [-0.4, -0.2) is 34.8 Å². The highest BCUT2D eigenvalue weighted by Crippen LogP contribution is 2.39.